The molecule has 0 amide bonds. The van der Waals surface area contributed by atoms with Crippen molar-refractivity contribution >= 4 is 6.29 Å². The number of carbonyl (C=O) groups is 1. The highest BCUT2D eigenvalue weighted by Crippen LogP contribution is 2.34. The van der Waals surface area contributed by atoms with Gasteiger partial charge in [0.25, 0.3) is 0 Å². The number of carbonyl (C=O) groups excluding carboxylic acids is 1. The van der Waals surface area contributed by atoms with Crippen molar-refractivity contribution in [2.75, 3.05) is 0 Å². The van der Waals surface area contributed by atoms with Crippen molar-refractivity contribution in [3.8, 4) is 0 Å². The predicted octanol–water partition coefficient (Wildman–Crippen LogP) is 3.69. The lowest BCUT2D eigenvalue weighted by Crippen LogP contribution is -2.07. The van der Waals surface area contributed by atoms with E-state index in [1.165, 1.54) is 31.4 Å². The van der Waals surface area contributed by atoms with Gasteiger partial charge in [-0.15, -0.1) is 0 Å². The van der Waals surface area contributed by atoms with Gasteiger partial charge >= 0.3 is 0 Å². The van der Waals surface area contributed by atoms with E-state index in [4.69, 9.17) is 0 Å². The standard InChI is InChI=1S/C13H15FO/c14-12-7-6-11(9-15)13(8-12)10-4-2-1-3-5-10/h6-10H,1-5H2. The number of halogens is 1. The van der Waals surface area contributed by atoms with Crippen molar-refractivity contribution in [3.05, 3.63) is 35.1 Å². The molecule has 0 spiro atoms. The average molecular weight is 206 g/mol. The molecule has 0 radical (unpaired) electrons. The van der Waals surface area contributed by atoms with Crippen LogP contribution in [0.3, 0.4) is 0 Å². The molecule has 0 heterocycles. The van der Waals surface area contributed by atoms with Crippen molar-refractivity contribution in [2.24, 2.45) is 0 Å². The molecule has 0 bridgehead atoms. The van der Waals surface area contributed by atoms with Gasteiger partial charge in [0.1, 0.15) is 12.1 Å². The normalized spacial score (nSPS) is 17.7. The summed E-state index contributed by atoms with van der Waals surface area (Å²) >= 11 is 0. The minimum absolute atomic E-state index is 0.235. The first-order valence-corrected chi connectivity index (χ1v) is 5.56. The zero-order valence-corrected chi connectivity index (χ0v) is 8.71. The number of rotatable bonds is 2. The fourth-order valence-corrected chi connectivity index (χ4v) is 2.42. The lowest BCUT2D eigenvalue weighted by Gasteiger charge is -2.23. The van der Waals surface area contributed by atoms with Crippen LogP contribution in [0.25, 0.3) is 0 Å². The van der Waals surface area contributed by atoms with E-state index in [1.807, 2.05) is 0 Å². The molecule has 1 aliphatic rings. The smallest absolute Gasteiger partial charge is 0.150 e. The van der Waals surface area contributed by atoms with E-state index >= 15 is 0 Å². The molecule has 0 aromatic heterocycles. The highest BCUT2D eigenvalue weighted by atomic mass is 19.1. The molecule has 2 rings (SSSR count). The van der Waals surface area contributed by atoms with Gasteiger partial charge in [-0.25, -0.2) is 4.39 Å². The lowest BCUT2D eigenvalue weighted by atomic mass is 9.82. The summed E-state index contributed by atoms with van der Waals surface area (Å²) in [6.45, 7) is 0. The fraction of sp³-hybridized carbons (Fsp3) is 0.462. The number of benzene rings is 1. The second-order valence-corrected chi connectivity index (χ2v) is 4.23. The summed E-state index contributed by atoms with van der Waals surface area (Å²) in [4.78, 5) is 10.9. The van der Waals surface area contributed by atoms with E-state index in [0.29, 0.717) is 11.5 Å². The Morgan fingerprint density at radius 1 is 1.20 bits per heavy atom. The first-order valence-electron chi connectivity index (χ1n) is 5.56. The highest BCUT2D eigenvalue weighted by molar-refractivity contribution is 5.77. The van der Waals surface area contributed by atoms with Gasteiger partial charge in [-0.3, -0.25) is 4.79 Å². The minimum Gasteiger partial charge on any atom is -0.298 e. The average Bonchev–Trinajstić information content (AvgIpc) is 2.30. The van der Waals surface area contributed by atoms with Crippen LogP contribution in [-0.4, -0.2) is 6.29 Å². The zero-order chi connectivity index (χ0) is 10.7. The molecule has 0 saturated heterocycles. The lowest BCUT2D eigenvalue weighted by molar-refractivity contribution is 0.112. The first kappa shape index (κ1) is 10.3. The van der Waals surface area contributed by atoms with Gasteiger partial charge in [-0.1, -0.05) is 19.3 Å². The maximum Gasteiger partial charge on any atom is 0.150 e. The minimum atomic E-state index is -0.235. The van der Waals surface area contributed by atoms with Crippen molar-refractivity contribution in [2.45, 2.75) is 38.0 Å². The van der Waals surface area contributed by atoms with Gasteiger partial charge in [0, 0.05) is 5.56 Å². The van der Waals surface area contributed by atoms with Crippen molar-refractivity contribution in [3.63, 3.8) is 0 Å². The third-order valence-corrected chi connectivity index (χ3v) is 3.22. The SMILES string of the molecule is O=Cc1ccc(F)cc1C1CCCCC1. The van der Waals surface area contributed by atoms with Crippen LogP contribution in [0.4, 0.5) is 4.39 Å². The van der Waals surface area contributed by atoms with E-state index in [2.05, 4.69) is 0 Å². The molecule has 0 atom stereocenters. The molecule has 1 aromatic carbocycles. The van der Waals surface area contributed by atoms with Gasteiger partial charge < -0.3 is 0 Å². The molecule has 1 aliphatic carbocycles. The zero-order valence-electron chi connectivity index (χ0n) is 8.71. The van der Waals surface area contributed by atoms with Crippen LogP contribution in [0.1, 0.15) is 53.9 Å². The maximum absolute atomic E-state index is 13.1. The summed E-state index contributed by atoms with van der Waals surface area (Å²) in [7, 11) is 0. The van der Waals surface area contributed by atoms with E-state index in [1.54, 1.807) is 6.07 Å². The second kappa shape index (κ2) is 4.56. The Morgan fingerprint density at radius 3 is 2.60 bits per heavy atom. The molecule has 1 fully saturated rings. The quantitative estimate of drug-likeness (QED) is 0.674. The Morgan fingerprint density at radius 2 is 1.93 bits per heavy atom. The summed E-state index contributed by atoms with van der Waals surface area (Å²) in [5, 5.41) is 0. The van der Waals surface area contributed by atoms with E-state index in [0.717, 1.165) is 24.7 Å². The van der Waals surface area contributed by atoms with Crippen molar-refractivity contribution < 1.29 is 9.18 Å². The topological polar surface area (TPSA) is 17.1 Å². The molecule has 0 aliphatic heterocycles. The fourth-order valence-electron chi connectivity index (χ4n) is 2.42. The summed E-state index contributed by atoms with van der Waals surface area (Å²) in [6.07, 6.45) is 6.67. The van der Waals surface area contributed by atoms with Crippen molar-refractivity contribution in [1.29, 1.82) is 0 Å². The van der Waals surface area contributed by atoms with Gasteiger partial charge in [0.15, 0.2) is 0 Å². The van der Waals surface area contributed by atoms with Gasteiger partial charge in [-0.05, 0) is 42.5 Å². The van der Waals surface area contributed by atoms with E-state index in [9.17, 15) is 9.18 Å². The Labute approximate surface area is 89.3 Å². The summed E-state index contributed by atoms with van der Waals surface area (Å²) in [5.74, 6) is 0.149. The summed E-state index contributed by atoms with van der Waals surface area (Å²) in [6, 6.07) is 4.47. The van der Waals surface area contributed by atoms with Crippen LogP contribution in [0.2, 0.25) is 0 Å². The molecular formula is C13H15FO. The maximum atomic E-state index is 13.1. The summed E-state index contributed by atoms with van der Waals surface area (Å²) in [5.41, 5.74) is 1.56. The molecule has 2 heteroatoms. The Bertz CT molecular complexity index is 354. The number of hydrogen-bond acceptors (Lipinski definition) is 1. The van der Waals surface area contributed by atoms with Gasteiger partial charge in [0.2, 0.25) is 0 Å². The third kappa shape index (κ3) is 2.25. The second-order valence-electron chi connectivity index (χ2n) is 4.23. The van der Waals surface area contributed by atoms with Crippen LogP contribution >= 0.6 is 0 Å². The Hall–Kier alpha value is -1.18. The molecule has 80 valence electrons. The van der Waals surface area contributed by atoms with Crippen LogP contribution in [-0.2, 0) is 0 Å². The molecule has 1 saturated carbocycles. The van der Waals surface area contributed by atoms with Crippen molar-refractivity contribution in [1.82, 2.24) is 0 Å². The van der Waals surface area contributed by atoms with Crippen LogP contribution in [0, 0.1) is 5.82 Å². The monoisotopic (exact) mass is 206 g/mol. The predicted molar refractivity (Wildman–Crippen MR) is 57.6 cm³/mol. The Balaban J connectivity index is 2.31. The van der Waals surface area contributed by atoms with Crippen LogP contribution < -0.4 is 0 Å². The van der Waals surface area contributed by atoms with E-state index < -0.39 is 0 Å². The summed E-state index contributed by atoms with van der Waals surface area (Å²) < 4.78 is 13.1. The molecule has 0 unspecified atom stereocenters. The van der Waals surface area contributed by atoms with Gasteiger partial charge in [-0.2, -0.15) is 0 Å². The number of aldehydes is 1. The largest absolute Gasteiger partial charge is 0.298 e. The highest BCUT2D eigenvalue weighted by Gasteiger charge is 2.18. The van der Waals surface area contributed by atoms with Crippen LogP contribution in [0.5, 0.6) is 0 Å². The Kier molecular flexibility index (Phi) is 3.14. The van der Waals surface area contributed by atoms with Gasteiger partial charge in [0.05, 0.1) is 0 Å². The number of hydrogen-bond donors (Lipinski definition) is 0. The van der Waals surface area contributed by atoms with E-state index in [-0.39, 0.29) is 5.82 Å². The third-order valence-electron chi connectivity index (χ3n) is 3.22. The molecule has 15 heavy (non-hydrogen) atoms. The molecule has 1 aromatic rings. The first-order chi connectivity index (χ1) is 7.31. The molecule has 1 nitrogen and oxygen atoms in total. The molecular weight excluding hydrogens is 191 g/mol. The van der Waals surface area contributed by atoms with Crippen LogP contribution in [0.15, 0.2) is 18.2 Å². The molecule has 0 N–H and O–H groups in total.